The van der Waals surface area contributed by atoms with E-state index >= 15 is 0 Å². The number of hydrogen-bond donors (Lipinski definition) is 3. The van der Waals surface area contributed by atoms with Gasteiger partial charge in [-0.15, -0.1) is 0 Å². The molecule has 2 aromatic rings. The minimum atomic E-state index is -1.15. The third-order valence-electron chi connectivity index (χ3n) is 2.13. The maximum Gasteiger partial charge on any atom is 0.358 e. The van der Waals surface area contributed by atoms with Gasteiger partial charge >= 0.3 is 5.97 Å². The highest BCUT2D eigenvalue weighted by Crippen LogP contribution is 2.18. The minimum absolute atomic E-state index is 0.146. The molecule has 0 amide bonds. The number of nitrogens with two attached hydrogens (primary N) is 1. The Hall–Kier alpha value is -2.15. The Morgan fingerprint density at radius 3 is 3.12 bits per heavy atom. The van der Waals surface area contributed by atoms with Gasteiger partial charge in [0.05, 0.1) is 12.4 Å². The Labute approximate surface area is 90.3 Å². The number of nitrogens with zero attached hydrogens (tertiary/aromatic N) is 2. The molecule has 0 aromatic carbocycles. The number of hydrogen-bond acceptors (Lipinski definition) is 5. The molecule has 84 valence electrons. The zero-order valence-corrected chi connectivity index (χ0v) is 8.25. The highest BCUT2D eigenvalue weighted by Gasteiger charge is 2.21. The lowest BCUT2D eigenvalue weighted by Crippen LogP contribution is -2.16. The van der Waals surface area contributed by atoms with Crippen molar-refractivity contribution >= 4 is 5.97 Å². The van der Waals surface area contributed by atoms with E-state index in [1.807, 2.05) is 0 Å². The van der Waals surface area contributed by atoms with E-state index < -0.39 is 12.0 Å². The molecule has 1 unspecified atom stereocenters. The van der Waals surface area contributed by atoms with Gasteiger partial charge in [0.15, 0.2) is 17.8 Å². The van der Waals surface area contributed by atoms with Crippen LogP contribution >= 0.6 is 0 Å². The Kier molecular flexibility index (Phi) is 2.69. The second-order valence-corrected chi connectivity index (χ2v) is 3.26. The predicted octanol–water partition coefficient (Wildman–Crippen LogP) is 0.338. The summed E-state index contributed by atoms with van der Waals surface area (Å²) in [6.45, 7) is 0. The van der Waals surface area contributed by atoms with E-state index in [1.165, 1.54) is 6.33 Å². The summed E-state index contributed by atoms with van der Waals surface area (Å²) in [7, 11) is 0. The van der Waals surface area contributed by atoms with Crippen molar-refractivity contribution < 1.29 is 14.3 Å². The summed E-state index contributed by atoms with van der Waals surface area (Å²) in [5.41, 5.74) is 6.48. The average Bonchev–Trinajstić information content (AvgIpc) is 2.86. The summed E-state index contributed by atoms with van der Waals surface area (Å²) < 4.78 is 4.99. The predicted molar refractivity (Wildman–Crippen MR) is 52.7 cm³/mol. The lowest BCUT2D eigenvalue weighted by molar-refractivity contribution is 0.0688. The van der Waals surface area contributed by atoms with E-state index in [2.05, 4.69) is 15.0 Å². The molecular weight excluding hydrogens is 212 g/mol. The third-order valence-corrected chi connectivity index (χ3v) is 2.13. The van der Waals surface area contributed by atoms with Crippen LogP contribution in [0.15, 0.2) is 23.3 Å². The zero-order chi connectivity index (χ0) is 11.5. The second-order valence-electron chi connectivity index (χ2n) is 3.26. The summed E-state index contributed by atoms with van der Waals surface area (Å²) in [4.78, 5) is 21.1. The van der Waals surface area contributed by atoms with Crippen molar-refractivity contribution in [3.8, 4) is 0 Å². The molecule has 7 nitrogen and oxygen atoms in total. The van der Waals surface area contributed by atoms with Gasteiger partial charge in [-0.05, 0) is 0 Å². The number of aromatic nitrogens is 3. The van der Waals surface area contributed by atoms with Crippen molar-refractivity contribution in [3.05, 3.63) is 36.1 Å². The molecular formula is C9H10N4O3. The molecule has 0 saturated heterocycles. The van der Waals surface area contributed by atoms with E-state index in [0.29, 0.717) is 6.42 Å². The Morgan fingerprint density at radius 1 is 1.69 bits per heavy atom. The Balaban J connectivity index is 2.17. The van der Waals surface area contributed by atoms with Crippen LogP contribution < -0.4 is 5.73 Å². The summed E-state index contributed by atoms with van der Waals surface area (Å²) in [5, 5.41) is 8.83. The van der Waals surface area contributed by atoms with Gasteiger partial charge in [-0.25, -0.2) is 14.8 Å². The van der Waals surface area contributed by atoms with Crippen molar-refractivity contribution in [3.63, 3.8) is 0 Å². The Morgan fingerprint density at radius 2 is 2.50 bits per heavy atom. The van der Waals surface area contributed by atoms with Gasteiger partial charge in [-0.2, -0.15) is 0 Å². The van der Waals surface area contributed by atoms with E-state index in [1.54, 1.807) is 6.20 Å². The van der Waals surface area contributed by atoms with Gasteiger partial charge < -0.3 is 20.2 Å². The molecule has 1 atom stereocenters. The molecule has 2 aromatic heterocycles. The van der Waals surface area contributed by atoms with Crippen molar-refractivity contribution in [1.82, 2.24) is 15.0 Å². The maximum atomic E-state index is 10.8. The molecule has 4 N–H and O–H groups in total. The maximum absolute atomic E-state index is 10.8. The van der Waals surface area contributed by atoms with Crippen molar-refractivity contribution in [1.29, 1.82) is 0 Å². The minimum Gasteiger partial charge on any atom is -0.476 e. The van der Waals surface area contributed by atoms with Gasteiger partial charge in [0.25, 0.3) is 0 Å². The monoisotopic (exact) mass is 222 g/mol. The molecule has 7 heteroatoms. The number of aromatic amines is 1. The van der Waals surface area contributed by atoms with Crippen LogP contribution in [0.5, 0.6) is 0 Å². The van der Waals surface area contributed by atoms with Crippen LogP contribution in [0.3, 0.4) is 0 Å². The number of oxazole rings is 1. The van der Waals surface area contributed by atoms with E-state index in [-0.39, 0.29) is 11.5 Å². The summed E-state index contributed by atoms with van der Waals surface area (Å²) in [6.07, 6.45) is 4.64. The lowest BCUT2D eigenvalue weighted by atomic mass is 10.1. The highest BCUT2D eigenvalue weighted by molar-refractivity contribution is 5.86. The molecule has 2 rings (SSSR count). The molecule has 0 radical (unpaired) electrons. The normalized spacial score (nSPS) is 12.6. The number of imidazole rings is 1. The van der Waals surface area contributed by atoms with Crippen LogP contribution in [-0.4, -0.2) is 26.0 Å². The lowest BCUT2D eigenvalue weighted by Gasteiger charge is -2.07. The van der Waals surface area contributed by atoms with Gasteiger partial charge in [0.2, 0.25) is 0 Å². The number of nitrogens with one attached hydrogen (secondary N) is 1. The van der Waals surface area contributed by atoms with Gasteiger partial charge in [-0.3, -0.25) is 0 Å². The zero-order valence-electron chi connectivity index (χ0n) is 8.25. The van der Waals surface area contributed by atoms with Crippen LogP contribution in [0.25, 0.3) is 0 Å². The fourth-order valence-electron chi connectivity index (χ4n) is 1.40. The molecule has 0 aliphatic carbocycles. The first-order chi connectivity index (χ1) is 7.68. The number of carboxylic acid groups (broad SMARTS) is 1. The van der Waals surface area contributed by atoms with Crippen molar-refractivity contribution in [2.45, 2.75) is 12.5 Å². The molecule has 0 saturated carbocycles. The first-order valence-corrected chi connectivity index (χ1v) is 4.58. The highest BCUT2D eigenvalue weighted by atomic mass is 16.4. The van der Waals surface area contributed by atoms with Crippen LogP contribution in [0.2, 0.25) is 0 Å². The van der Waals surface area contributed by atoms with Gasteiger partial charge in [-0.1, -0.05) is 0 Å². The van der Waals surface area contributed by atoms with Crippen LogP contribution in [0.4, 0.5) is 0 Å². The van der Waals surface area contributed by atoms with E-state index in [0.717, 1.165) is 12.1 Å². The Bertz CT molecular complexity index is 477. The quantitative estimate of drug-likeness (QED) is 0.686. The second kappa shape index (κ2) is 4.15. The van der Waals surface area contributed by atoms with Crippen molar-refractivity contribution in [2.24, 2.45) is 5.73 Å². The van der Waals surface area contributed by atoms with Gasteiger partial charge in [0, 0.05) is 18.3 Å². The van der Waals surface area contributed by atoms with Crippen LogP contribution in [-0.2, 0) is 6.42 Å². The number of aromatic carboxylic acids is 1. The fraction of sp³-hybridized carbons (Fsp3) is 0.222. The molecule has 0 aliphatic rings. The summed E-state index contributed by atoms with van der Waals surface area (Å²) in [5.74, 6) is -0.981. The van der Waals surface area contributed by atoms with E-state index in [4.69, 9.17) is 15.3 Å². The van der Waals surface area contributed by atoms with Crippen molar-refractivity contribution in [2.75, 3.05) is 0 Å². The first kappa shape index (κ1) is 10.4. The number of rotatable bonds is 4. The smallest absolute Gasteiger partial charge is 0.358 e. The largest absolute Gasteiger partial charge is 0.476 e. The molecule has 16 heavy (non-hydrogen) atoms. The van der Waals surface area contributed by atoms with E-state index in [9.17, 15) is 4.79 Å². The molecule has 0 spiro atoms. The molecule has 0 fully saturated rings. The first-order valence-electron chi connectivity index (χ1n) is 4.58. The number of H-pyrrole nitrogens is 1. The van der Waals surface area contributed by atoms with Gasteiger partial charge in [0.1, 0.15) is 0 Å². The van der Waals surface area contributed by atoms with Crippen LogP contribution in [0, 0.1) is 0 Å². The fourth-order valence-corrected chi connectivity index (χ4v) is 1.40. The average molecular weight is 222 g/mol. The number of carboxylic acids is 1. The standard InChI is InChI=1S/C9H10N4O3/c10-6(1-5-2-11-3-12-5)8-7(9(14)15)13-4-16-8/h2-4,6H,1,10H2,(H,11,12)(H,14,15). The third kappa shape index (κ3) is 1.94. The topological polar surface area (TPSA) is 118 Å². The summed E-state index contributed by atoms with van der Waals surface area (Å²) >= 11 is 0. The molecule has 2 heterocycles. The summed E-state index contributed by atoms with van der Waals surface area (Å²) in [6, 6.07) is -0.561. The SMILES string of the molecule is NC(Cc1cnc[nH]1)c1ocnc1C(=O)O. The molecule has 0 bridgehead atoms. The number of carbonyl (C=O) groups is 1. The van der Waals surface area contributed by atoms with Crippen LogP contribution in [0.1, 0.15) is 28.0 Å². The molecule has 0 aliphatic heterocycles.